The van der Waals surface area contributed by atoms with E-state index in [1.807, 2.05) is 12.1 Å². The molecule has 11 heavy (non-hydrogen) atoms. The van der Waals surface area contributed by atoms with Crippen LogP contribution in [0.1, 0.15) is 17.3 Å². The quantitative estimate of drug-likeness (QED) is 0.684. The first-order chi connectivity index (χ1) is 4.70. The largest absolute Gasteiger partial charge is 0.295 e. The lowest BCUT2D eigenvalue weighted by atomic mass is 10.2. The summed E-state index contributed by atoms with van der Waals surface area (Å²) in [6, 6.07) is 7.31. The number of ketones is 1. The highest BCUT2D eigenvalue weighted by atomic mass is 79.9. The molecule has 0 heterocycles. The highest BCUT2D eigenvalue weighted by Gasteiger charge is 1.95. The predicted octanol–water partition coefficient (Wildman–Crippen LogP) is 3.07. The van der Waals surface area contributed by atoms with Crippen molar-refractivity contribution in [1.29, 1.82) is 0 Å². The maximum atomic E-state index is 10.7. The van der Waals surface area contributed by atoms with Crippen LogP contribution in [0, 0.1) is 0 Å². The number of hydrogen-bond acceptors (Lipinski definition) is 1. The number of benzene rings is 1. The third kappa shape index (κ3) is 3.04. The van der Waals surface area contributed by atoms with E-state index in [0.717, 1.165) is 10.0 Å². The van der Waals surface area contributed by atoms with Gasteiger partial charge in [0.2, 0.25) is 0 Å². The van der Waals surface area contributed by atoms with E-state index in [0.29, 0.717) is 0 Å². The molecule has 0 spiro atoms. The monoisotopic (exact) mass is 234 g/mol. The molecule has 60 valence electrons. The van der Waals surface area contributed by atoms with Gasteiger partial charge in [0.15, 0.2) is 5.78 Å². The van der Waals surface area contributed by atoms with Gasteiger partial charge in [0.25, 0.3) is 0 Å². The summed E-state index contributed by atoms with van der Waals surface area (Å²) in [6.45, 7) is 1.56. The van der Waals surface area contributed by atoms with Crippen molar-refractivity contribution in [2.24, 2.45) is 0 Å². The number of carbonyl (C=O) groups is 1. The van der Waals surface area contributed by atoms with Crippen LogP contribution in [0.15, 0.2) is 28.7 Å². The van der Waals surface area contributed by atoms with E-state index in [-0.39, 0.29) is 18.2 Å². The number of rotatable bonds is 1. The van der Waals surface area contributed by atoms with Crippen LogP contribution in [-0.2, 0) is 0 Å². The van der Waals surface area contributed by atoms with Crippen LogP contribution in [-0.4, -0.2) is 5.78 Å². The van der Waals surface area contributed by atoms with Crippen molar-refractivity contribution in [2.75, 3.05) is 0 Å². The van der Waals surface area contributed by atoms with E-state index in [9.17, 15) is 4.79 Å². The van der Waals surface area contributed by atoms with Crippen molar-refractivity contribution < 1.29 is 4.79 Å². The Hall–Kier alpha value is -0.340. The summed E-state index contributed by atoms with van der Waals surface area (Å²) in [4.78, 5) is 10.7. The first kappa shape index (κ1) is 10.7. The molecule has 0 fully saturated rings. The molecule has 0 atom stereocenters. The van der Waals surface area contributed by atoms with Gasteiger partial charge in [0.1, 0.15) is 0 Å². The van der Waals surface area contributed by atoms with Gasteiger partial charge in [-0.25, -0.2) is 0 Å². The fraction of sp³-hybridized carbons (Fsp3) is 0.125. The van der Waals surface area contributed by atoms with Crippen molar-refractivity contribution in [2.45, 2.75) is 6.92 Å². The number of carbonyl (C=O) groups excluding carboxylic acids is 1. The maximum Gasteiger partial charge on any atom is 0.159 e. The van der Waals surface area contributed by atoms with E-state index in [2.05, 4.69) is 15.9 Å². The van der Waals surface area contributed by atoms with Crippen molar-refractivity contribution in [3.05, 3.63) is 34.3 Å². The van der Waals surface area contributed by atoms with Gasteiger partial charge in [-0.15, -0.1) is 12.4 Å². The molecule has 0 saturated carbocycles. The zero-order chi connectivity index (χ0) is 7.56. The molecule has 0 saturated heterocycles. The number of Topliss-reactive ketones (excluding diaryl/α,β-unsaturated/α-hetero) is 1. The number of halogens is 2. The molecule has 0 aliphatic heterocycles. The van der Waals surface area contributed by atoms with Gasteiger partial charge in [-0.2, -0.15) is 0 Å². The van der Waals surface area contributed by atoms with Gasteiger partial charge in [0.05, 0.1) is 0 Å². The van der Waals surface area contributed by atoms with Crippen LogP contribution in [0.5, 0.6) is 0 Å². The Morgan fingerprint density at radius 1 is 1.27 bits per heavy atom. The molecule has 1 nitrogen and oxygen atoms in total. The van der Waals surface area contributed by atoms with Gasteiger partial charge in [-0.3, -0.25) is 4.79 Å². The summed E-state index contributed by atoms with van der Waals surface area (Å²) in [5.74, 6) is 0.104. The third-order valence-electron chi connectivity index (χ3n) is 1.25. The summed E-state index contributed by atoms with van der Waals surface area (Å²) in [5.41, 5.74) is 0.753. The van der Waals surface area contributed by atoms with Crippen LogP contribution >= 0.6 is 28.3 Å². The van der Waals surface area contributed by atoms with Crippen molar-refractivity contribution >= 4 is 34.1 Å². The Bertz CT molecular complexity index is 243. The standard InChI is InChI=1S/C8H7BrO.ClH/c1-6(10)7-2-4-8(9)5-3-7;/h2-5H,1H3;1H. The van der Waals surface area contributed by atoms with Crippen LogP contribution in [0.25, 0.3) is 0 Å². The van der Waals surface area contributed by atoms with Crippen LogP contribution in [0.2, 0.25) is 0 Å². The zero-order valence-corrected chi connectivity index (χ0v) is 8.41. The smallest absolute Gasteiger partial charge is 0.159 e. The molecule has 1 aromatic rings. The Kier molecular flexibility index (Phi) is 4.38. The Morgan fingerprint density at radius 3 is 2.09 bits per heavy atom. The first-order valence-electron chi connectivity index (χ1n) is 2.96. The molecular weight excluding hydrogens is 227 g/mol. The second kappa shape index (κ2) is 4.52. The normalized spacial score (nSPS) is 8.55. The Labute approximate surface area is 80.3 Å². The topological polar surface area (TPSA) is 17.1 Å². The van der Waals surface area contributed by atoms with Gasteiger partial charge >= 0.3 is 0 Å². The van der Waals surface area contributed by atoms with Crippen molar-refractivity contribution in [3.8, 4) is 0 Å². The maximum absolute atomic E-state index is 10.7. The molecule has 0 aromatic heterocycles. The van der Waals surface area contributed by atoms with Crippen molar-refractivity contribution in [1.82, 2.24) is 0 Å². The summed E-state index contributed by atoms with van der Waals surface area (Å²) < 4.78 is 0.998. The molecule has 1 rings (SSSR count). The lowest BCUT2D eigenvalue weighted by molar-refractivity contribution is 0.101. The summed E-state index contributed by atoms with van der Waals surface area (Å²) in [5, 5.41) is 0. The average molecular weight is 236 g/mol. The molecule has 0 radical (unpaired) electrons. The SMILES string of the molecule is CC(=O)c1ccc(Br)cc1.Cl. The molecule has 0 aliphatic carbocycles. The molecule has 3 heteroatoms. The molecule has 0 N–H and O–H groups in total. The lowest BCUT2D eigenvalue weighted by Gasteiger charge is -1.92. The second-order valence-corrected chi connectivity index (χ2v) is 2.98. The van der Waals surface area contributed by atoms with Gasteiger partial charge in [-0.1, -0.05) is 28.1 Å². The molecule has 0 bridgehead atoms. The molecular formula is C8H8BrClO. The predicted molar refractivity (Wildman–Crippen MR) is 51.4 cm³/mol. The van der Waals surface area contributed by atoms with Crippen molar-refractivity contribution in [3.63, 3.8) is 0 Å². The Morgan fingerprint density at radius 2 is 1.73 bits per heavy atom. The fourth-order valence-corrected chi connectivity index (χ4v) is 0.949. The third-order valence-corrected chi connectivity index (χ3v) is 1.78. The summed E-state index contributed by atoms with van der Waals surface area (Å²) >= 11 is 3.28. The minimum atomic E-state index is 0. The van der Waals surface area contributed by atoms with E-state index in [1.54, 1.807) is 19.1 Å². The summed E-state index contributed by atoms with van der Waals surface area (Å²) in [6.07, 6.45) is 0. The molecule has 0 amide bonds. The van der Waals surface area contributed by atoms with Gasteiger partial charge < -0.3 is 0 Å². The van der Waals surface area contributed by atoms with Gasteiger partial charge in [-0.05, 0) is 19.1 Å². The van der Waals surface area contributed by atoms with E-state index in [4.69, 9.17) is 0 Å². The minimum absolute atomic E-state index is 0. The average Bonchev–Trinajstić information content (AvgIpc) is 1.88. The first-order valence-corrected chi connectivity index (χ1v) is 3.76. The van der Waals surface area contributed by atoms with Gasteiger partial charge in [0, 0.05) is 10.0 Å². The van der Waals surface area contributed by atoms with Crippen LogP contribution in [0.3, 0.4) is 0 Å². The van der Waals surface area contributed by atoms with Crippen LogP contribution < -0.4 is 0 Å². The van der Waals surface area contributed by atoms with E-state index in [1.165, 1.54) is 0 Å². The molecule has 1 aromatic carbocycles. The second-order valence-electron chi connectivity index (χ2n) is 2.06. The highest BCUT2D eigenvalue weighted by molar-refractivity contribution is 9.10. The minimum Gasteiger partial charge on any atom is -0.295 e. The Balaban J connectivity index is 0.000001000. The lowest BCUT2D eigenvalue weighted by Crippen LogP contribution is -1.89. The molecule has 0 aliphatic rings. The molecule has 0 unspecified atom stereocenters. The van der Waals surface area contributed by atoms with E-state index >= 15 is 0 Å². The van der Waals surface area contributed by atoms with Crippen LogP contribution in [0.4, 0.5) is 0 Å². The fourth-order valence-electron chi connectivity index (χ4n) is 0.685. The highest BCUT2D eigenvalue weighted by Crippen LogP contribution is 2.10. The van der Waals surface area contributed by atoms with E-state index < -0.39 is 0 Å². The summed E-state index contributed by atoms with van der Waals surface area (Å²) in [7, 11) is 0. The number of hydrogen-bond donors (Lipinski definition) is 0. The zero-order valence-electron chi connectivity index (χ0n) is 6.00.